The van der Waals surface area contributed by atoms with Crippen molar-refractivity contribution in [2.45, 2.75) is 26.0 Å². The van der Waals surface area contributed by atoms with Crippen molar-refractivity contribution in [3.05, 3.63) is 44.9 Å². The molecule has 1 heterocycles. The van der Waals surface area contributed by atoms with Crippen molar-refractivity contribution in [1.29, 1.82) is 0 Å². The van der Waals surface area contributed by atoms with Gasteiger partial charge in [0.2, 0.25) is 0 Å². The van der Waals surface area contributed by atoms with E-state index in [1.165, 1.54) is 19.9 Å². The van der Waals surface area contributed by atoms with Gasteiger partial charge in [0.15, 0.2) is 0 Å². The molecular formula is C12H12ClFN2O3. The van der Waals surface area contributed by atoms with Gasteiger partial charge in [0.05, 0.1) is 23.0 Å². The Balaban J connectivity index is 2.90. The zero-order chi connectivity index (χ0) is 14.4. The van der Waals surface area contributed by atoms with E-state index in [0.29, 0.717) is 4.09 Å². The lowest BCUT2D eigenvalue weighted by atomic mass is 10.1. The van der Waals surface area contributed by atoms with Crippen LogP contribution in [0.5, 0.6) is 0 Å². The average molecular weight is 287 g/mol. The van der Waals surface area contributed by atoms with Crippen LogP contribution in [-0.4, -0.2) is 19.4 Å². The zero-order valence-electron chi connectivity index (χ0n) is 10.4. The number of hydrogen-bond donors (Lipinski definition) is 1. The first-order chi connectivity index (χ1) is 8.70. The summed E-state index contributed by atoms with van der Waals surface area (Å²) in [7, 11) is 0. The van der Waals surface area contributed by atoms with Gasteiger partial charge < -0.3 is 5.11 Å². The second-order valence-corrected chi connectivity index (χ2v) is 5.27. The van der Waals surface area contributed by atoms with Gasteiger partial charge in [-0.25, -0.2) is 9.18 Å². The van der Waals surface area contributed by atoms with Crippen LogP contribution in [-0.2, 0) is 6.54 Å². The van der Waals surface area contributed by atoms with Gasteiger partial charge in [-0.15, -0.1) is 0 Å². The minimum atomic E-state index is -1.18. The molecule has 0 spiro atoms. The highest BCUT2D eigenvalue weighted by molar-refractivity contribution is 6.15. The first kappa shape index (κ1) is 13.8. The molecule has 2 aromatic rings. The Morgan fingerprint density at radius 3 is 2.58 bits per heavy atom. The fourth-order valence-electron chi connectivity index (χ4n) is 1.86. The van der Waals surface area contributed by atoms with Crippen molar-refractivity contribution >= 4 is 22.7 Å². The maximum absolute atomic E-state index is 13.2. The van der Waals surface area contributed by atoms with Crippen LogP contribution in [0.1, 0.15) is 13.8 Å². The van der Waals surface area contributed by atoms with Gasteiger partial charge in [0.1, 0.15) is 5.82 Å². The van der Waals surface area contributed by atoms with Gasteiger partial charge in [0, 0.05) is 11.8 Å². The van der Waals surface area contributed by atoms with E-state index in [9.17, 15) is 19.1 Å². The minimum absolute atomic E-state index is 0.0150. The summed E-state index contributed by atoms with van der Waals surface area (Å²) in [6, 6.07) is 3.47. The molecule has 19 heavy (non-hydrogen) atoms. The third-order valence-electron chi connectivity index (χ3n) is 2.60. The Bertz CT molecular complexity index is 758. The predicted octanol–water partition coefficient (Wildman–Crippen LogP) is 1.08. The Kier molecular flexibility index (Phi) is 3.24. The van der Waals surface area contributed by atoms with Crippen molar-refractivity contribution in [3.8, 4) is 0 Å². The lowest BCUT2D eigenvalue weighted by Gasteiger charge is -2.20. The summed E-state index contributed by atoms with van der Waals surface area (Å²) in [6.45, 7) is 2.96. The highest BCUT2D eigenvalue weighted by Crippen LogP contribution is 2.13. The van der Waals surface area contributed by atoms with E-state index in [0.717, 1.165) is 16.7 Å². The Hall–Kier alpha value is -1.66. The number of hydrogen-bond acceptors (Lipinski definition) is 3. The summed E-state index contributed by atoms with van der Waals surface area (Å²) in [4.78, 5) is 23.8. The first-order valence-corrected chi connectivity index (χ1v) is 5.88. The largest absolute Gasteiger partial charge is 0.389 e. The molecule has 0 aliphatic rings. The fourth-order valence-corrected chi connectivity index (χ4v) is 2.04. The van der Waals surface area contributed by atoms with Crippen LogP contribution in [0.25, 0.3) is 10.9 Å². The summed E-state index contributed by atoms with van der Waals surface area (Å²) >= 11 is 5.61. The number of aliphatic hydroxyl groups is 1. The van der Waals surface area contributed by atoms with E-state index in [1.54, 1.807) is 0 Å². The normalized spacial score (nSPS) is 12.1. The molecule has 0 amide bonds. The molecule has 2 rings (SSSR count). The SMILES string of the molecule is CC(C)(O)Cn1c(=O)n(Cl)c(=O)c2cc(F)ccc21. The standard InChI is InChI=1S/C12H12ClFN2O3/c1-12(2,19)6-15-9-4-3-7(14)5-8(9)10(17)16(13)11(15)18/h3-5,19H,6H2,1-2H3. The van der Waals surface area contributed by atoms with Gasteiger partial charge in [0.25, 0.3) is 5.56 Å². The number of rotatable bonds is 2. The lowest BCUT2D eigenvalue weighted by Crippen LogP contribution is -2.40. The molecule has 0 bridgehead atoms. The minimum Gasteiger partial charge on any atom is -0.389 e. The van der Waals surface area contributed by atoms with E-state index in [2.05, 4.69) is 0 Å². The third-order valence-corrected chi connectivity index (χ3v) is 2.90. The van der Waals surface area contributed by atoms with E-state index in [4.69, 9.17) is 11.8 Å². The number of fused-ring (bicyclic) bond motifs is 1. The molecule has 102 valence electrons. The number of halogens is 2. The maximum atomic E-state index is 13.2. The third kappa shape index (κ3) is 2.54. The smallest absolute Gasteiger partial charge is 0.346 e. The van der Waals surface area contributed by atoms with E-state index in [1.807, 2.05) is 0 Å². The van der Waals surface area contributed by atoms with Gasteiger partial charge in [-0.3, -0.25) is 9.36 Å². The second kappa shape index (κ2) is 4.47. The molecule has 0 atom stereocenters. The molecular weight excluding hydrogens is 275 g/mol. The summed E-state index contributed by atoms with van der Waals surface area (Å²) < 4.78 is 14.7. The predicted molar refractivity (Wildman–Crippen MR) is 70.0 cm³/mol. The number of nitrogens with zero attached hydrogens (tertiary/aromatic N) is 2. The Labute approximate surface area is 112 Å². The monoisotopic (exact) mass is 286 g/mol. The molecule has 0 radical (unpaired) electrons. The molecule has 0 unspecified atom stereocenters. The topological polar surface area (TPSA) is 64.2 Å². The van der Waals surface area contributed by atoms with Crippen molar-refractivity contribution in [3.63, 3.8) is 0 Å². The van der Waals surface area contributed by atoms with E-state index >= 15 is 0 Å². The van der Waals surface area contributed by atoms with Gasteiger partial charge in [-0.05, 0) is 32.0 Å². The fraction of sp³-hybridized carbons (Fsp3) is 0.333. The summed E-state index contributed by atoms with van der Waals surface area (Å²) in [6.07, 6.45) is 0. The molecule has 0 aliphatic heterocycles. The van der Waals surface area contributed by atoms with Crippen LogP contribution in [0.4, 0.5) is 4.39 Å². The first-order valence-electron chi connectivity index (χ1n) is 5.54. The molecule has 0 saturated carbocycles. The highest BCUT2D eigenvalue weighted by Gasteiger charge is 2.19. The second-order valence-electron chi connectivity index (χ2n) is 4.93. The number of aromatic nitrogens is 2. The molecule has 1 N–H and O–H groups in total. The van der Waals surface area contributed by atoms with Crippen LogP contribution >= 0.6 is 11.8 Å². The van der Waals surface area contributed by atoms with Crippen LogP contribution in [0, 0.1) is 5.82 Å². The van der Waals surface area contributed by atoms with Crippen LogP contribution in [0.15, 0.2) is 27.8 Å². The lowest BCUT2D eigenvalue weighted by molar-refractivity contribution is 0.0613. The quantitative estimate of drug-likeness (QED) is 0.898. The highest BCUT2D eigenvalue weighted by atomic mass is 35.5. The molecule has 1 aromatic carbocycles. The average Bonchev–Trinajstić information content (AvgIpc) is 2.31. The van der Waals surface area contributed by atoms with Crippen LogP contribution in [0.2, 0.25) is 0 Å². The van der Waals surface area contributed by atoms with Gasteiger partial charge in [-0.1, -0.05) is 0 Å². The summed E-state index contributed by atoms with van der Waals surface area (Å²) in [5.74, 6) is -0.602. The van der Waals surface area contributed by atoms with Crippen molar-refractivity contribution < 1.29 is 9.50 Å². The Morgan fingerprint density at radius 2 is 2.00 bits per heavy atom. The van der Waals surface area contributed by atoms with E-state index < -0.39 is 22.7 Å². The van der Waals surface area contributed by atoms with Crippen LogP contribution < -0.4 is 11.2 Å². The van der Waals surface area contributed by atoms with Gasteiger partial charge >= 0.3 is 5.69 Å². The molecule has 5 nitrogen and oxygen atoms in total. The number of benzene rings is 1. The van der Waals surface area contributed by atoms with Crippen molar-refractivity contribution in [2.75, 3.05) is 0 Å². The zero-order valence-corrected chi connectivity index (χ0v) is 11.1. The molecule has 7 heteroatoms. The van der Waals surface area contributed by atoms with Crippen molar-refractivity contribution in [1.82, 2.24) is 8.65 Å². The molecule has 0 saturated heterocycles. The molecule has 0 fully saturated rings. The molecule has 1 aromatic heterocycles. The molecule has 0 aliphatic carbocycles. The van der Waals surface area contributed by atoms with Crippen LogP contribution in [0.3, 0.4) is 0 Å². The van der Waals surface area contributed by atoms with E-state index in [-0.39, 0.29) is 17.4 Å². The Morgan fingerprint density at radius 1 is 1.37 bits per heavy atom. The van der Waals surface area contributed by atoms with Crippen molar-refractivity contribution in [2.24, 2.45) is 0 Å². The summed E-state index contributed by atoms with van der Waals surface area (Å²) in [5, 5.41) is 9.79. The summed E-state index contributed by atoms with van der Waals surface area (Å²) in [5.41, 5.74) is -2.50. The van der Waals surface area contributed by atoms with Gasteiger partial charge in [-0.2, -0.15) is 4.09 Å². The maximum Gasteiger partial charge on any atom is 0.346 e.